The molecular formula is C21H24FNO2. The topological polar surface area (TPSA) is 30.5 Å². The van der Waals surface area contributed by atoms with Crippen LogP contribution >= 0.6 is 0 Å². The molecule has 1 fully saturated rings. The fraction of sp³-hybridized carbons (Fsp3) is 0.429. The highest BCUT2D eigenvalue weighted by molar-refractivity contribution is 5.59. The molecule has 2 aromatic carbocycles. The third kappa shape index (κ3) is 3.05. The van der Waals surface area contributed by atoms with E-state index in [2.05, 4.69) is 44.3 Å². The highest BCUT2D eigenvalue weighted by atomic mass is 19.1. The second kappa shape index (κ2) is 6.11. The molecule has 1 saturated heterocycles. The van der Waals surface area contributed by atoms with Gasteiger partial charge in [-0.1, -0.05) is 45.0 Å². The number of nitrogens with one attached hydrogen (secondary N) is 1. The van der Waals surface area contributed by atoms with Gasteiger partial charge in [0.1, 0.15) is 18.0 Å². The number of anilines is 1. The van der Waals surface area contributed by atoms with Crippen molar-refractivity contribution in [2.45, 2.75) is 44.4 Å². The highest BCUT2D eigenvalue weighted by Crippen LogP contribution is 2.45. The Hall–Kier alpha value is -1.91. The van der Waals surface area contributed by atoms with Crippen molar-refractivity contribution in [2.75, 3.05) is 18.5 Å². The van der Waals surface area contributed by atoms with E-state index in [0.717, 1.165) is 16.8 Å². The van der Waals surface area contributed by atoms with Gasteiger partial charge < -0.3 is 14.8 Å². The summed E-state index contributed by atoms with van der Waals surface area (Å²) in [5, 5.41) is 3.58. The summed E-state index contributed by atoms with van der Waals surface area (Å²) in [6, 6.07) is 13.1. The Kier molecular flexibility index (Phi) is 4.05. The number of hydrogen-bond acceptors (Lipinski definition) is 3. The molecule has 0 saturated carbocycles. The summed E-state index contributed by atoms with van der Waals surface area (Å²) in [4.78, 5) is 0. The summed E-state index contributed by atoms with van der Waals surface area (Å²) in [7, 11) is 0. The molecule has 3 nitrogen and oxygen atoms in total. The van der Waals surface area contributed by atoms with Crippen molar-refractivity contribution in [1.82, 2.24) is 0 Å². The average molecular weight is 341 g/mol. The fourth-order valence-corrected chi connectivity index (χ4v) is 3.67. The van der Waals surface area contributed by atoms with Crippen LogP contribution in [0.2, 0.25) is 0 Å². The predicted octanol–water partition coefficient (Wildman–Crippen LogP) is 4.75. The third-order valence-electron chi connectivity index (χ3n) is 5.08. The minimum Gasteiger partial charge on any atom is -0.375 e. The van der Waals surface area contributed by atoms with Crippen molar-refractivity contribution in [3.63, 3.8) is 0 Å². The normalized spacial score (nSPS) is 25.7. The van der Waals surface area contributed by atoms with Crippen LogP contribution in [0.25, 0.3) is 0 Å². The maximum atomic E-state index is 13.3. The van der Waals surface area contributed by atoms with Gasteiger partial charge in [0, 0.05) is 11.3 Å². The van der Waals surface area contributed by atoms with E-state index in [9.17, 15) is 4.39 Å². The van der Waals surface area contributed by atoms with Crippen molar-refractivity contribution in [2.24, 2.45) is 0 Å². The molecule has 4 heteroatoms. The van der Waals surface area contributed by atoms with Gasteiger partial charge in [-0.2, -0.15) is 0 Å². The Bertz CT molecular complexity index is 766. The Morgan fingerprint density at radius 1 is 1.00 bits per heavy atom. The van der Waals surface area contributed by atoms with Crippen LogP contribution in [0, 0.1) is 5.82 Å². The number of fused-ring (bicyclic) bond motifs is 3. The first-order valence-electron chi connectivity index (χ1n) is 8.83. The molecule has 0 aromatic heterocycles. The van der Waals surface area contributed by atoms with Crippen molar-refractivity contribution in [3.8, 4) is 0 Å². The predicted molar refractivity (Wildman–Crippen MR) is 96.3 cm³/mol. The molecule has 0 aliphatic carbocycles. The van der Waals surface area contributed by atoms with Crippen LogP contribution in [0.15, 0.2) is 42.5 Å². The summed E-state index contributed by atoms with van der Waals surface area (Å²) >= 11 is 0. The number of benzene rings is 2. The number of halogens is 1. The van der Waals surface area contributed by atoms with Crippen molar-refractivity contribution in [1.29, 1.82) is 0 Å². The lowest BCUT2D eigenvalue weighted by molar-refractivity contribution is -0.151. The summed E-state index contributed by atoms with van der Waals surface area (Å²) < 4.78 is 25.5. The molecule has 2 unspecified atom stereocenters. The number of hydrogen-bond donors (Lipinski definition) is 1. The van der Waals surface area contributed by atoms with Gasteiger partial charge in [0.2, 0.25) is 0 Å². The Balaban J connectivity index is 1.76. The molecule has 0 amide bonds. The zero-order chi connectivity index (χ0) is 17.6. The zero-order valence-electron chi connectivity index (χ0n) is 14.9. The van der Waals surface area contributed by atoms with Gasteiger partial charge in [0.15, 0.2) is 0 Å². The minimum atomic E-state index is -0.229. The largest absolute Gasteiger partial charge is 0.375 e. The Morgan fingerprint density at radius 2 is 1.72 bits per heavy atom. The second-order valence-corrected chi connectivity index (χ2v) is 7.85. The van der Waals surface area contributed by atoms with E-state index in [1.807, 2.05) is 12.1 Å². The van der Waals surface area contributed by atoms with Gasteiger partial charge in [0.25, 0.3) is 0 Å². The first kappa shape index (κ1) is 16.6. The summed E-state index contributed by atoms with van der Waals surface area (Å²) in [6.07, 6.45) is -0.232. The fourth-order valence-electron chi connectivity index (χ4n) is 3.67. The lowest BCUT2D eigenvalue weighted by Crippen LogP contribution is -2.43. The molecule has 1 N–H and O–H groups in total. The van der Waals surface area contributed by atoms with E-state index in [-0.39, 0.29) is 29.5 Å². The van der Waals surface area contributed by atoms with E-state index >= 15 is 0 Å². The summed E-state index contributed by atoms with van der Waals surface area (Å²) in [6.45, 7) is 7.80. The van der Waals surface area contributed by atoms with E-state index in [0.29, 0.717) is 13.2 Å². The number of ether oxygens (including phenoxy) is 2. The standard InChI is InChI=1S/C21H24FNO2/c1-21(2,3)14-6-9-17-16(12-14)19-20(25-11-10-24-19)18(23-17)13-4-7-15(22)8-5-13/h4-9,12,18-20,23H,10-11H2,1-3H3/t18-,19?,20?/m1/s1. The van der Waals surface area contributed by atoms with Crippen LogP contribution in [-0.2, 0) is 14.9 Å². The molecule has 3 atom stereocenters. The molecule has 25 heavy (non-hydrogen) atoms. The van der Waals surface area contributed by atoms with E-state index in [1.54, 1.807) is 0 Å². The van der Waals surface area contributed by atoms with E-state index in [4.69, 9.17) is 9.47 Å². The zero-order valence-corrected chi connectivity index (χ0v) is 14.9. The minimum absolute atomic E-state index is 0.0566. The van der Waals surface area contributed by atoms with Crippen LogP contribution in [0.3, 0.4) is 0 Å². The van der Waals surface area contributed by atoms with Crippen molar-refractivity contribution >= 4 is 5.69 Å². The molecule has 0 radical (unpaired) electrons. The third-order valence-corrected chi connectivity index (χ3v) is 5.08. The van der Waals surface area contributed by atoms with Gasteiger partial charge in [-0.3, -0.25) is 0 Å². The van der Waals surface area contributed by atoms with E-state index in [1.165, 1.54) is 17.7 Å². The Morgan fingerprint density at radius 3 is 2.44 bits per heavy atom. The maximum Gasteiger partial charge on any atom is 0.123 e. The summed E-state index contributed by atoms with van der Waals surface area (Å²) in [5.74, 6) is -0.229. The van der Waals surface area contributed by atoms with Gasteiger partial charge in [-0.15, -0.1) is 0 Å². The molecule has 132 valence electrons. The van der Waals surface area contributed by atoms with Crippen molar-refractivity contribution in [3.05, 3.63) is 65.0 Å². The number of rotatable bonds is 1. The van der Waals surface area contributed by atoms with Crippen LogP contribution < -0.4 is 5.32 Å². The molecule has 2 aromatic rings. The molecule has 4 rings (SSSR count). The average Bonchev–Trinajstić information content (AvgIpc) is 2.60. The monoisotopic (exact) mass is 341 g/mol. The first-order chi connectivity index (χ1) is 11.9. The van der Waals surface area contributed by atoms with Gasteiger partial charge in [-0.05, 0) is 34.7 Å². The molecule has 0 spiro atoms. The van der Waals surface area contributed by atoms with E-state index < -0.39 is 0 Å². The van der Waals surface area contributed by atoms with Gasteiger partial charge in [0.05, 0.1) is 19.3 Å². The highest BCUT2D eigenvalue weighted by Gasteiger charge is 2.41. The first-order valence-corrected chi connectivity index (χ1v) is 8.83. The van der Waals surface area contributed by atoms with Crippen LogP contribution in [0.4, 0.5) is 10.1 Å². The SMILES string of the molecule is CC(C)(C)c1ccc2c(c1)C1OCCOC1[C@@H](c1ccc(F)cc1)N2. The molecule has 2 aliphatic rings. The lowest BCUT2D eigenvalue weighted by Gasteiger charge is -2.43. The smallest absolute Gasteiger partial charge is 0.123 e. The lowest BCUT2D eigenvalue weighted by atomic mass is 9.82. The quantitative estimate of drug-likeness (QED) is 0.812. The molecule has 2 heterocycles. The van der Waals surface area contributed by atoms with Gasteiger partial charge in [-0.25, -0.2) is 4.39 Å². The maximum absolute atomic E-state index is 13.3. The van der Waals surface area contributed by atoms with Crippen LogP contribution in [0.5, 0.6) is 0 Å². The van der Waals surface area contributed by atoms with Crippen LogP contribution in [-0.4, -0.2) is 19.3 Å². The van der Waals surface area contributed by atoms with Crippen LogP contribution in [0.1, 0.15) is 49.6 Å². The second-order valence-electron chi connectivity index (χ2n) is 7.85. The Labute approximate surface area is 148 Å². The molecular weight excluding hydrogens is 317 g/mol. The van der Waals surface area contributed by atoms with Gasteiger partial charge >= 0.3 is 0 Å². The summed E-state index contributed by atoms with van der Waals surface area (Å²) in [5.41, 5.74) is 4.58. The van der Waals surface area contributed by atoms with Crippen molar-refractivity contribution < 1.29 is 13.9 Å². The molecule has 0 bridgehead atoms. The molecule has 2 aliphatic heterocycles.